The molecule has 2 aliphatic rings. The van der Waals surface area contributed by atoms with Gasteiger partial charge < -0.3 is 14.5 Å². The minimum absolute atomic E-state index is 0.0437. The molecule has 28 heavy (non-hydrogen) atoms. The maximum Gasteiger partial charge on any atom is 0.339 e. The molecule has 144 valence electrons. The van der Waals surface area contributed by atoms with Crippen LogP contribution in [0.2, 0.25) is 0 Å². The zero-order valence-corrected chi connectivity index (χ0v) is 15.1. The maximum absolute atomic E-state index is 12.7. The highest BCUT2D eigenvalue weighted by Gasteiger charge is 2.33. The van der Waals surface area contributed by atoms with Gasteiger partial charge in [-0.15, -0.1) is 0 Å². The van der Waals surface area contributed by atoms with Gasteiger partial charge in [-0.25, -0.2) is 4.79 Å². The van der Waals surface area contributed by atoms with Crippen molar-refractivity contribution in [3.8, 4) is 0 Å². The first kappa shape index (κ1) is 18.0. The minimum atomic E-state index is -0.524. The number of nitro groups is 1. The van der Waals surface area contributed by atoms with Crippen molar-refractivity contribution in [2.24, 2.45) is 0 Å². The van der Waals surface area contributed by atoms with E-state index in [1.54, 1.807) is 29.2 Å². The highest BCUT2D eigenvalue weighted by molar-refractivity contribution is 5.94. The van der Waals surface area contributed by atoms with Crippen molar-refractivity contribution >= 4 is 23.3 Å². The first-order valence-corrected chi connectivity index (χ1v) is 9.10. The number of hydrogen-bond donors (Lipinski definition) is 0. The van der Waals surface area contributed by atoms with Gasteiger partial charge in [0, 0.05) is 49.6 Å². The average molecular weight is 381 g/mol. The summed E-state index contributed by atoms with van der Waals surface area (Å²) in [6, 6.07) is 13.6. The monoisotopic (exact) mass is 381 g/mol. The summed E-state index contributed by atoms with van der Waals surface area (Å²) in [5, 5.41) is 10.8. The number of nitro benzene ring substituents is 1. The predicted molar refractivity (Wildman–Crippen MR) is 101 cm³/mol. The lowest BCUT2D eigenvalue weighted by Gasteiger charge is -2.36. The lowest BCUT2D eigenvalue weighted by atomic mass is 10.0. The first-order valence-electron chi connectivity index (χ1n) is 9.10. The second-order valence-corrected chi connectivity index (χ2v) is 6.83. The summed E-state index contributed by atoms with van der Waals surface area (Å²) in [6.07, 6.45) is -0.385. The molecule has 1 fully saturated rings. The van der Waals surface area contributed by atoms with Crippen molar-refractivity contribution in [3.63, 3.8) is 0 Å². The molecule has 0 aliphatic carbocycles. The van der Waals surface area contributed by atoms with Crippen LogP contribution in [0.3, 0.4) is 0 Å². The molecule has 0 bridgehead atoms. The molecule has 2 heterocycles. The molecule has 0 saturated carbocycles. The summed E-state index contributed by atoms with van der Waals surface area (Å²) >= 11 is 0. The van der Waals surface area contributed by atoms with E-state index in [1.807, 2.05) is 12.1 Å². The van der Waals surface area contributed by atoms with Gasteiger partial charge in [0.25, 0.3) is 5.69 Å². The molecule has 0 aromatic heterocycles. The second kappa shape index (κ2) is 7.30. The fourth-order valence-electron chi connectivity index (χ4n) is 3.66. The van der Waals surface area contributed by atoms with Gasteiger partial charge in [0.05, 0.1) is 16.9 Å². The molecule has 1 atom stereocenters. The Bertz CT molecular complexity index is 920. The number of anilines is 1. The third kappa shape index (κ3) is 3.40. The molecule has 0 spiro atoms. The second-order valence-electron chi connectivity index (χ2n) is 6.83. The number of non-ortho nitro benzene ring substituents is 1. The number of carbonyl (C=O) groups excluding carboxylic acids is 2. The largest absolute Gasteiger partial charge is 0.453 e. The minimum Gasteiger partial charge on any atom is -0.453 e. The molecule has 0 unspecified atom stereocenters. The lowest BCUT2D eigenvalue weighted by Crippen LogP contribution is -2.49. The first-order chi connectivity index (χ1) is 13.5. The molecule has 1 saturated heterocycles. The number of piperazine rings is 1. The number of amides is 1. The number of cyclic esters (lactones) is 1. The summed E-state index contributed by atoms with van der Waals surface area (Å²) in [4.78, 5) is 38.8. The lowest BCUT2D eigenvalue weighted by molar-refractivity contribution is -0.384. The van der Waals surface area contributed by atoms with Crippen molar-refractivity contribution in [3.05, 3.63) is 69.8 Å². The number of rotatable bonds is 4. The van der Waals surface area contributed by atoms with Crippen LogP contribution in [0.25, 0.3) is 0 Å². The van der Waals surface area contributed by atoms with Crippen LogP contribution in [0.1, 0.15) is 28.4 Å². The van der Waals surface area contributed by atoms with E-state index in [-0.39, 0.29) is 24.0 Å². The predicted octanol–water partition coefficient (Wildman–Crippen LogP) is 2.55. The van der Waals surface area contributed by atoms with Gasteiger partial charge in [0.2, 0.25) is 5.91 Å². The summed E-state index contributed by atoms with van der Waals surface area (Å²) in [6.45, 7) is 2.39. The number of fused-ring (bicyclic) bond motifs is 1. The summed E-state index contributed by atoms with van der Waals surface area (Å²) in [5.74, 6) is -0.422. The Balaban J connectivity index is 1.34. The molecular weight excluding hydrogens is 362 g/mol. The van der Waals surface area contributed by atoms with E-state index in [0.717, 1.165) is 11.3 Å². The summed E-state index contributed by atoms with van der Waals surface area (Å²) < 4.78 is 5.36. The van der Waals surface area contributed by atoms with Crippen LogP contribution in [-0.2, 0) is 9.53 Å². The van der Waals surface area contributed by atoms with E-state index < -0.39 is 11.0 Å². The fraction of sp³-hybridized carbons (Fsp3) is 0.300. The van der Waals surface area contributed by atoms with Gasteiger partial charge in [-0.05, 0) is 18.2 Å². The van der Waals surface area contributed by atoms with E-state index in [0.29, 0.717) is 31.7 Å². The van der Waals surface area contributed by atoms with Crippen molar-refractivity contribution in [1.82, 2.24) is 4.90 Å². The Morgan fingerprint density at radius 1 is 1.07 bits per heavy atom. The third-order valence-electron chi connectivity index (χ3n) is 5.19. The molecule has 2 aromatic rings. The standard InChI is InChI=1S/C20H19N3O5/c24-19(13-18-16-3-1-2-4-17(16)20(25)28-18)22-11-9-21(10-12-22)14-5-7-15(8-6-14)23(26)27/h1-8,18H,9-13H2/t18-/m1/s1. The van der Waals surface area contributed by atoms with Gasteiger partial charge in [0.1, 0.15) is 6.10 Å². The maximum atomic E-state index is 12.7. The molecule has 8 nitrogen and oxygen atoms in total. The van der Waals surface area contributed by atoms with Crippen molar-refractivity contribution in [2.45, 2.75) is 12.5 Å². The number of carbonyl (C=O) groups is 2. The fourth-order valence-corrected chi connectivity index (χ4v) is 3.66. The molecule has 8 heteroatoms. The van der Waals surface area contributed by atoms with Gasteiger partial charge in [-0.1, -0.05) is 18.2 Å². The zero-order chi connectivity index (χ0) is 19.7. The molecule has 2 aromatic carbocycles. The number of nitrogens with zero attached hydrogens (tertiary/aromatic N) is 3. The van der Waals surface area contributed by atoms with Crippen LogP contribution in [-0.4, -0.2) is 47.9 Å². The Morgan fingerprint density at radius 3 is 2.43 bits per heavy atom. The van der Waals surface area contributed by atoms with E-state index >= 15 is 0 Å². The molecule has 0 N–H and O–H groups in total. The highest BCUT2D eigenvalue weighted by atomic mass is 16.6. The quantitative estimate of drug-likeness (QED) is 0.459. The van der Waals surface area contributed by atoms with Crippen LogP contribution in [0, 0.1) is 10.1 Å². The van der Waals surface area contributed by atoms with Crippen LogP contribution in [0.15, 0.2) is 48.5 Å². The normalized spacial score (nSPS) is 18.6. The van der Waals surface area contributed by atoms with Crippen LogP contribution < -0.4 is 4.90 Å². The SMILES string of the molecule is O=C1O[C@H](CC(=O)N2CCN(c3ccc([N+](=O)[O-])cc3)CC2)c2ccccc21. The molecular formula is C20H19N3O5. The van der Waals surface area contributed by atoms with Gasteiger partial charge in [-0.2, -0.15) is 0 Å². The van der Waals surface area contributed by atoms with Crippen LogP contribution in [0.4, 0.5) is 11.4 Å². The third-order valence-corrected chi connectivity index (χ3v) is 5.19. The molecule has 2 aliphatic heterocycles. The van der Waals surface area contributed by atoms with Gasteiger partial charge >= 0.3 is 5.97 Å². The Hall–Kier alpha value is -3.42. The zero-order valence-electron chi connectivity index (χ0n) is 15.1. The smallest absolute Gasteiger partial charge is 0.339 e. The molecule has 1 amide bonds. The van der Waals surface area contributed by atoms with Crippen molar-refractivity contribution in [2.75, 3.05) is 31.1 Å². The van der Waals surface area contributed by atoms with E-state index in [2.05, 4.69) is 4.90 Å². The highest BCUT2D eigenvalue weighted by Crippen LogP contribution is 2.33. The average Bonchev–Trinajstić information content (AvgIpc) is 3.04. The van der Waals surface area contributed by atoms with E-state index in [9.17, 15) is 19.7 Å². The van der Waals surface area contributed by atoms with Crippen molar-refractivity contribution in [1.29, 1.82) is 0 Å². The molecule has 0 radical (unpaired) electrons. The number of hydrogen-bond acceptors (Lipinski definition) is 6. The molecule has 4 rings (SSSR count). The summed E-state index contributed by atoms with van der Waals surface area (Å²) in [7, 11) is 0. The van der Waals surface area contributed by atoms with E-state index in [1.165, 1.54) is 12.1 Å². The Labute approximate surface area is 161 Å². The van der Waals surface area contributed by atoms with Crippen LogP contribution >= 0.6 is 0 Å². The van der Waals surface area contributed by atoms with Crippen molar-refractivity contribution < 1.29 is 19.2 Å². The van der Waals surface area contributed by atoms with Gasteiger partial charge in [-0.3, -0.25) is 14.9 Å². The Kier molecular flexibility index (Phi) is 4.68. The number of esters is 1. The van der Waals surface area contributed by atoms with E-state index in [4.69, 9.17) is 4.74 Å². The number of benzene rings is 2. The Morgan fingerprint density at radius 2 is 1.75 bits per heavy atom. The summed E-state index contributed by atoms with van der Waals surface area (Å²) in [5.41, 5.74) is 2.26. The topological polar surface area (TPSA) is 93.0 Å². The van der Waals surface area contributed by atoms with Gasteiger partial charge in [0.15, 0.2) is 0 Å². The number of ether oxygens (including phenoxy) is 1. The van der Waals surface area contributed by atoms with Crippen LogP contribution in [0.5, 0.6) is 0 Å².